The van der Waals surface area contributed by atoms with Crippen molar-refractivity contribution in [3.8, 4) is 11.5 Å². The lowest BCUT2D eigenvalue weighted by molar-refractivity contribution is -0.384. The van der Waals surface area contributed by atoms with Crippen molar-refractivity contribution in [2.75, 3.05) is 26.9 Å². The third kappa shape index (κ3) is 9.74. The van der Waals surface area contributed by atoms with Gasteiger partial charge in [-0.25, -0.2) is 0 Å². The first-order chi connectivity index (χ1) is 32.1. The van der Waals surface area contributed by atoms with Gasteiger partial charge in [-0.1, -0.05) is 66.5 Å². The number of hydrogen-bond acceptors (Lipinski definition) is 11. The van der Waals surface area contributed by atoms with Crippen LogP contribution in [-0.2, 0) is 22.8 Å². The number of allylic oxidation sites excluding steroid dienone is 1. The Morgan fingerprint density at radius 3 is 2.47 bits per heavy atom. The number of pyridine rings is 1. The van der Waals surface area contributed by atoms with Gasteiger partial charge in [0.05, 0.1) is 28.9 Å². The van der Waals surface area contributed by atoms with Gasteiger partial charge < -0.3 is 34.2 Å². The monoisotopic (exact) mass is 894 g/mol. The minimum atomic E-state index is -1.44. The molecule has 3 aliphatic rings. The number of oxime groups is 1. The molecule has 2 aliphatic carbocycles. The third-order valence-electron chi connectivity index (χ3n) is 13.3. The van der Waals surface area contributed by atoms with E-state index >= 15 is 0 Å². The van der Waals surface area contributed by atoms with Crippen molar-refractivity contribution in [1.29, 1.82) is 0 Å². The molecule has 6 unspecified atom stereocenters. The number of unbranched alkanes of at least 4 members (excludes halogenated alkanes) is 2. The van der Waals surface area contributed by atoms with Crippen molar-refractivity contribution < 1.29 is 39.0 Å². The zero-order valence-corrected chi connectivity index (χ0v) is 37.6. The molecule has 1 saturated carbocycles. The fourth-order valence-electron chi connectivity index (χ4n) is 10.2. The molecule has 13 heteroatoms. The standard InChI is InChI=1S/C53H58N4O9/c1-4-28-64-53-49(56(3)52(60)40-21-20-37-13-5-6-14-38(37)29-40)32-47(55-65-33-36-18-22-42(23-19-36)57(61)62)45-30-39(15-7-9-26-58)44(17-8-10-27-59)50(51(45)53)46-31-43(24-25-48(46)66-53)63-34-41-16-11-12-35(2)54-41/h4-6,11-14,16,18-25,29-31,39,44,49-51,58-59H,1,7-10,15,17,26-28,32-34H2,2-3H3. The number of nitrogens with zero attached hydrogens (tertiary/aromatic N) is 4. The van der Waals surface area contributed by atoms with Crippen molar-refractivity contribution in [3.05, 3.63) is 166 Å². The number of aryl methyl sites for hydroxylation is 1. The number of carbonyl (C=O) groups excluding carboxylic acids is 1. The van der Waals surface area contributed by atoms with Gasteiger partial charge >= 0.3 is 0 Å². The number of hydrogen-bond donors (Lipinski definition) is 2. The van der Waals surface area contributed by atoms with Gasteiger partial charge in [0.15, 0.2) is 0 Å². The summed E-state index contributed by atoms with van der Waals surface area (Å²) in [5.74, 6) is -1.09. The number of aromatic nitrogens is 1. The van der Waals surface area contributed by atoms with Crippen LogP contribution in [0.2, 0.25) is 0 Å². The molecule has 2 heterocycles. The Morgan fingerprint density at radius 1 is 0.955 bits per heavy atom. The second-order valence-electron chi connectivity index (χ2n) is 17.5. The van der Waals surface area contributed by atoms with Crippen LogP contribution < -0.4 is 9.47 Å². The van der Waals surface area contributed by atoms with Gasteiger partial charge in [-0.2, -0.15) is 0 Å². The number of amides is 1. The third-order valence-corrected chi connectivity index (χ3v) is 13.3. The van der Waals surface area contributed by atoms with E-state index in [1.54, 1.807) is 30.2 Å². The van der Waals surface area contributed by atoms with E-state index in [1.807, 2.05) is 79.7 Å². The first-order valence-corrected chi connectivity index (χ1v) is 22.9. The summed E-state index contributed by atoms with van der Waals surface area (Å²) >= 11 is 0. The lowest BCUT2D eigenvalue weighted by Gasteiger charge is -2.59. The van der Waals surface area contributed by atoms with Crippen LogP contribution in [0.1, 0.15) is 83.7 Å². The van der Waals surface area contributed by atoms with E-state index in [2.05, 4.69) is 23.7 Å². The van der Waals surface area contributed by atoms with E-state index in [-0.39, 0.29) is 68.8 Å². The van der Waals surface area contributed by atoms with Crippen LogP contribution in [0.25, 0.3) is 10.8 Å². The van der Waals surface area contributed by atoms with Gasteiger partial charge in [0.25, 0.3) is 11.6 Å². The first-order valence-electron chi connectivity index (χ1n) is 22.9. The number of rotatable bonds is 20. The van der Waals surface area contributed by atoms with Gasteiger partial charge in [0.2, 0.25) is 5.79 Å². The topological polar surface area (TPSA) is 166 Å². The van der Waals surface area contributed by atoms with Crippen molar-refractivity contribution in [2.24, 2.45) is 22.9 Å². The van der Waals surface area contributed by atoms with Crippen LogP contribution in [0.15, 0.2) is 133 Å². The molecule has 13 nitrogen and oxygen atoms in total. The van der Waals surface area contributed by atoms with E-state index < -0.39 is 22.7 Å². The smallest absolute Gasteiger partial charge is 0.269 e. The van der Waals surface area contributed by atoms with Crippen LogP contribution >= 0.6 is 0 Å². The average molecular weight is 895 g/mol. The Balaban J connectivity index is 1.28. The van der Waals surface area contributed by atoms with Gasteiger partial charge in [0.1, 0.15) is 30.8 Å². The van der Waals surface area contributed by atoms with Crippen LogP contribution in [0.3, 0.4) is 0 Å². The summed E-state index contributed by atoms with van der Waals surface area (Å²) in [5.41, 5.74) is 5.36. The number of carbonyl (C=O) groups is 1. The Bertz CT molecular complexity index is 2600. The summed E-state index contributed by atoms with van der Waals surface area (Å²) < 4.78 is 20.9. The van der Waals surface area contributed by atoms with Crippen LogP contribution in [0.5, 0.6) is 11.5 Å². The molecule has 1 fully saturated rings. The van der Waals surface area contributed by atoms with E-state index in [4.69, 9.17) is 24.2 Å². The van der Waals surface area contributed by atoms with Crippen LogP contribution in [0, 0.1) is 34.8 Å². The van der Waals surface area contributed by atoms with Gasteiger partial charge in [-0.05, 0) is 121 Å². The zero-order valence-electron chi connectivity index (χ0n) is 37.6. The summed E-state index contributed by atoms with van der Waals surface area (Å²) in [4.78, 5) is 38.4. The maximum atomic E-state index is 14.9. The molecular formula is C53H58N4O9. The molecule has 2 N–H and O–H groups in total. The maximum Gasteiger partial charge on any atom is 0.269 e. The highest BCUT2D eigenvalue weighted by molar-refractivity contribution is 6.04. The molecule has 0 bridgehead atoms. The van der Waals surface area contributed by atoms with E-state index in [0.29, 0.717) is 41.2 Å². The SMILES string of the molecule is C=CCOC12Oc3ccc(OCc4cccc(C)n4)cc3C3C(CCCCO)C(CCCCO)C=C(C(=NOCc4ccc([N+](=O)[O-])cc4)CC1N(C)C(=O)c1ccc4ccccc4c1)C32. The number of aliphatic hydroxyl groups is 2. The Kier molecular flexibility index (Phi) is 14.6. The molecular weight excluding hydrogens is 837 g/mol. The molecule has 4 aromatic carbocycles. The van der Waals surface area contributed by atoms with Gasteiger partial charge in [0, 0.05) is 61.6 Å². The average Bonchev–Trinajstić information content (AvgIpc) is 3.33. The molecule has 0 spiro atoms. The van der Waals surface area contributed by atoms with Gasteiger partial charge in [-0.3, -0.25) is 19.9 Å². The Morgan fingerprint density at radius 2 is 1.73 bits per heavy atom. The van der Waals surface area contributed by atoms with Crippen molar-refractivity contribution in [3.63, 3.8) is 0 Å². The number of aliphatic hydroxyl groups excluding tert-OH is 2. The Labute approximate surface area is 385 Å². The number of fused-ring (bicyclic) bond motifs is 3. The lowest BCUT2D eigenvalue weighted by Crippen LogP contribution is -2.69. The number of ether oxygens (including phenoxy) is 3. The molecule has 1 aliphatic heterocycles. The number of benzene rings is 4. The van der Waals surface area contributed by atoms with E-state index in [0.717, 1.165) is 59.0 Å². The second-order valence-corrected chi connectivity index (χ2v) is 17.5. The summed E-state index contributed by atoms with van der Waals surface area (Å²) in [6, 6.07) is 30.8. The summed E-state index contributed by atoms with van der Waals surface area (Å²) in [6.07, 6.45) is 8.63. The number of non-ortho nitro benzene ring substituents is 1. The highest BCUT2D eigenvalue weighted by atomic mass is 16.7. The second kappa shape index (κ2) is 20.8. The van der Waals surface area contributed by atoms with Gasteiger partial charge in [-0.15, -0.1) is 6.58 Å². The van der Waals surface area contributed by atoms with E-state index in [1.165, 1.54) is 12.1 Å². The molecule has 344 valence electrons. The largest absolute Gasteiger partial charge is 0.487 e. The minimum absolute atomic E-state index is 0.0210. The summed E-state index contributed by atoms with van der Waals surface area (Å²) in [6.45, 7) is 6.59. The zero-order chi connectivity index (χ0) is 46.2. The molecule has 66 heavy (non-hydrogen) atoms. The minimum Gasteiger partial charge on any atom is -0.487 e. The predicted molar refractivity (Wildman–Crippen MR) is 252 cm³/mol. The Hall–Kier alpha value is -6.41. The first kappa shape index (κ1) is 46.1. The number of likely N-dealkylation sites (N-methyl/N-ethyl adjacent to an activating group) is 1. The van der Waals surface area contributed by atoms with Crippen LogP contribution in [-0.4, -0.2) is 75.3 Å². The molecule has 5 aromatic rings. The predicted octanol–water partition coefficient (Wildman–Crippen LogP) is 9.64. The van der Waals surface area contributed by atoms with E-state index in [9.17, 15) is 25.1 Å². The highest BCUT2D eigenvalue weighted by Gasteiger charge is 2.65. The van der Waals surface area contributed by atoms with Crippen LogP contribution in [0.4, 0.5) is 5.69 Å². The quantitative estimate of drug-likeness (QED) is 0.0333. The molecule has 1 aromatic heterocycles. The normalized spacial score (nSPS) is 22.4. The molecule has 1 amide bonds. The number of nitro benzene ring substituents is 1. The maximum absolute atomic E-state index is 14.9. The summed E-state index contributed by atoms with van der Waals surface area (Å²) in [5, 5.41) is 38.2. The molecule has 0 saturated heterocycles. The van der Waals surface area contributed by atoms with Crippen molar-refractivity contribution >= 4 is 28.1 Å². The van der Waals surface area contributed by atoms with Crippen molar-refractivity contribution in [1.82, 2.24) is 9.88 Å². The van der Waals surface area contributed by atoms with Crippen molar-refractivity contribution in [2.45, 2.75) is 82.8 Å². The molecule has 8 rings (SSSR count). The summed E-state index contributed by atoms with van der Waals surface area (Å²) in [7, 11) is 1.79. The lowest BCUT2D eigenvalue weighted by atomic mass is 9.55. The number of nitro groups is 1. The highest BCUT2D eigenvalue weighted by Crippen LogP contribution is 2.62. The molecule has 0 radical (unpaired) electrons. The fourth-order valence-corrected chi connectivity index (χ4v) is 10.2. The fraction of sp³-hybridized carbons (Fsp3) is 0.377. The molecule has 6 atom stereocenters.